The summed E-state index contributed by atoms with van der Waals surface area (Å²) in [5.41, 5.74) is 7.85. The standard InChI is InChI=1S/C13H21BrN2O/c1-4-17-9-13(3,8-15)16-12-6-10(2)5-11(14)7-12/h5-7,16H,4,8-9,15H2,1-3H3. The zero-order valence-electron chi connectivity index (χ0n) is 10.7. The summed E-state index contributed by atoms with van der Waals surface area (Å²) in [5, 5.41) is 3.44. The molecule has 0 spiro atoms. The van der Waals surface area contributed by atoms with Gasteiger partial charge in [-0.05, 0) is 44.5 Å². The van der Waals surface area contributed by atoms with Crippen LogP contribution >= 0.6 is 15.9 Å². The van der Waals surface area contributed by atoms with Crippen LogP contribution in [0, 0.1) is 6.92 Å². The molecule has 0 bridgehead atoms. The summed E-state index contributed by atoms with van der Waals surface area (Å²) in [7, 11) is 0. The van der Waals surface area contributed by atoms with Gasteiger partial charge in [0, 0.05) is 23.3 Å². The molecule has 1 rings (SSSR count). The van der Waals surface area contributed by atoms with Crippen molar-refractivity contribution in [2.24, 2.45) is 5.73 Å². The second-order valence-corrected chi connectivity index (χ2v) is 5.46. The maximum atomic E-state index is 5.82. The molecule has 0 heterocycles. The number of anilines is 1. The number of hydrogen-bond donors (Lipinski definition) is 2. The number of rotatable bonds is 6. The minimum atomic E-state index is -0.233. The van der Waals surface area contributed by atoms with Crippen LogP contribution in [0.3, 0.4) is 0 Å². The van der Waals surface area contributed by atoms with Gasteiger partial charge < -0.3 is 15.8 Å². The topological polar surface area (TPSA) is 47.3 Å². The molecule has 0 amide bonds. The van der Waals surface area contributed by atoms with E-state index in [1.807, 2.05) is 13.0 Å². The molecule has 1 atom stereocenters. The summed E-state index contributed by atoms with van der Waals surface area (Å²) >= 11 is 3.49. The first kappa shape index (κ1) is 14.5. The lowest BCUT2D eigenvalue weighted by atomic mass is 10.0. The van der Waals surface area contributed by atoms with E-state index in [0.717, 1.165) is 10.2 Å². The molecule has 0 radical (unpaired) electrons. The van der Waals surface area contributed by atoms with Crippen molar-refractivity contribution in [1.82, 2.24) is 0 Å². The van der Waals surface area contributed by atoms with Crippen LogP contribution in [-0.2, 0) is 4.74 Å². The summed E-state index contributed by atoms with van der Waals surface area (Å²) in [6.07, 6.45) is 0. The summed E-state index contributed by atoms with van der Waals surface area (Å²) in [6, 6.07) is 6.23. The third-order valence-corrected chi connectivity index (χ3v) is 3.02. The average molecular weight is 301 g/mol. The van der Waals surface area contributed by atoms with Gasteiger partial charge in [0.1, 0.15) is 0 Å². The molecule has 0 aliphatic heterocycles. The molecule has 1 unspecified atom stereocenters. The first-order chi connectivity index (χ1) is 7.99. The van der Waals surface area contributed by atoms with E-state index >= 15 is 0 Å². The maximum absolute atomic E-state index is 5.82. The van der Waals surface area contributed by atoms with E-state index in [1.54, 1.807) is 0 Å². The predicted octanol–water partition coefficient (Wildman–Crippen LogP) is 2.92. The quantitative estimate of drug-likeness (QED) is 0.849. The lowest BCUT2D eigenvalue weighted by Gasteiger charge is -2.30. The van der Waals surface area contributed by atoms with E-state index in [2.05, 4.69) is 47.2 Å². The lowest BCUT2D eigenvalue weighted by molar-refractivity contribution is 0.112. The highest BCUT2D eigenvalue weighted by Crippen LogP contribution is 2.22. The van der Waals surface area contributed by atoms with Gasteiger partial charge in [0.05, 0.1) is 12.1 Å². The van der Waals surface area contributed by atoms with Crippen LogP contribution < -0.4 is 11.1 Å². The SMILES string of the molecule is CCOCC(C)(CN)Nc1cc(C)cc(Br)c1. The van der Waals surface area contributed by atoms with E-state index in [1.165, 1.54) is 5.56 Å². The summed E-state index contributed by atoms with van der Waals surface area (Å²) < 4.78 is 6.53. The van der Waals surface area contributed by atoms with Gasteiger partial charge in [0.2, 0.25) is 0 Å². The van der Waals surface area contributed by atoms with Crippen molar-refractivity contribution < 1.29 is 4.74 Å². The molecule has 3 N–H and O–H groups in total. The van der Waals surface area contributed by atoms with Crippen LogP contribution in [0.2, 0.25) is 0 Å². The monoisotopic (exact) mass is 300 g/mol. The van der Waals surface area contributed by atoms with Crippen LogP contribution in [0.25, 0.3) is 0 Å². The Kier molecular flexibility index (Phi) is 5.43. The molecule has 0 saturated carbocycles. The fourth-order valence-corrected chi connectivity index (χ4v) is 2.24. The Morgan fingerprint density at radius 3 is 2.65 bits per heavy atom. The molecular formula is C13H21BrN2O. The highest BCUT2D eigenvalue weighted by atomic mass is 79.9. The van der Waals surface area contributed by atoms with Gasteiger partial charge in [-0.25, -0.2) is 0 Å². The fourth-order valence-electron chi connectivity index (χ4n) is 1.63. The number of aryl methyl sites for hydroxylation is 1. The van der Waals surface area contributed by atoms with Crippen molar-refractivity contribution in [3.63, 3.8) is 0 Å². The minimum absolute atomic E-state index is 0.233. The fraction of sp³-hybridized carbons (Fsp3) is 0.538. The first-order valence-electron chi connectivity index (χ1n) is 5.82. The highest BCUT2D eigenvalue weighted by Gasteiger charge is 2.22. The van der Waals surface area contributed by atoms with Crippen molar-refractivity contribution in [3.05, 3.63) is 28.2 Å². The molecule has 0 saturated heterocycles. The smallest absolute Gasteiger partial charge is 0.0706 e. The number of nitrogens with one attached hydrogen (secondary N) is 1. The third kappa shape index (κ3) is 4.66. The third-order valence-electron chi connectivity index (χ3n) is 2.56. The Balaban J connectivity index is 2.79. The number of halogens is 1. The van der Waals surface area contributed by atoms with Crippen molar-refractivity contribution in [2.45, 2.75) is 26.3 Å². The van der Waals surface area contributed by atoms with Gasteiger partial charge >= 0.3 is 0 Å². The van der Waals surface area contributed by atoms with Crippen LogP contribution in [0.1, 0.15) is 19.4 Å². The van der Waals surface area contributed by atoms with E-state index < -0.39 is 0 Å². The second-order valence-electron chi connectivity index (χ2n) is 4.54. The Labute approximate surface area is 112 Å². The van der Waals surface area contributed by atoms with Crippen LogP contribution in [0.4, 0.5) is 5.69 Å². The zero-order chi connectivity index (χ0) is 12.9. The Hall–Kier alpha value is -0.580. The molecule has 1 aromatic rings. The van der Waals surface area contributed by atoms with Crippen molar-refractivity contribution in [2.75, 3.05) is 25.1 Å². The highest BCUT2D eigenvalue weighted by molar-refractivity contribution is 9.10. The van der Waals surface area contributed by atoms with Gasteiger partial charge in [-0.3, -0.25) is 0 Å². The van der Waals surface area contributed by atoms with Crippen molar-refractivity contribution >= 4 is 21.6 Å². The first-order valence-corrected chi connectivity index (χ1v) is 6.61. The van der Waals surface area contributed by atoms with Gasteiger partial charge in [-0.15, -0.1) is 0 Å². The largest absolute Gasteiger partial charge is 0.379 e. The van der Waals surface area contributed by atoms with E-state index in [0.29, 0.717) is 19.8 Å². The maximum Gasteiger partial charge on any atom is 0.0706 e. The van der Waals surface area contributed by atoms with Crippen LogP contribution in [-0.4, -0.2) is 25.3 Å². The number of benzene rings is 1. The minimum Gasteiger partial charge on any atom is -0.379 e. The molecular weight excluding hydrogens is 280 g/mol. The molecule has 1 aromatic carbocycles. The molecule has 0 aliphatic rings. The van der Waals surface area contributed by atoms with Gasteiger partial charge in [0.15, 0.2) is 0 Å². The Bertz CT molecular complexity index is 350. The van der Waals surface area contributed by atoms with Gasteiger partial charge in [-0.2, -0.15) is 0 Å². The number of ether oxygens (including phenoxy) is 1. The van der Waals surface area contributed by atoms with E-state index in [-0.39, 0.29) is 5.54 Å². The molecule has 17 heavy (non-hydrogen) atoms. The van der Waals surface area contributed by atoms with Crippen molar-refractivity contribution in [1.29, 1.82) is 0 Å². The lowest BCUT2D eigenvalue weighted by Crippen LogP contribution is -2.46. The zero-order valence-corrected chi connectivity index (χ0v) is 12.3. The number of nitrogens with two attached hydrogens (primary N) is 1. The molecule has 0 aliphatic carbocycles. The normalized spacial score (nSPS) is 14.4. The molecule has 0 aromatic heterocycles. The predicted molar refractivity (Wildman–Crippen MR) is 76.5 cm³/mol. The summed E-state index contributed by atoms with van der Waals surface area (Å²) in [5.74, 6) is 0. The summed E-state index contributed by atoms with van der Waals surface area (Å²) in [6.45, 7) is 7.95. The van der Waals surface area contributed by atoms with E-state index in [9.17, 15) is 0 Å². The van der Waals surface area contributed by atoms with Crippen molar-refractivity contribution in [3.8, 4) is 0 Å². The van der Waals surface area contributed by atoms with Gasteiger partial charge in [0.25, 0.3) is 0 Å². The molecule has 0 fully saturated rings. The molecule has 96 valence electrons. The van der Waals surface area contributed by atoms with Crippen LogP contribution in [0.5, 0.6) is 0 Å². The Morgan fingerprint density at radius 2 is 2.12 bits per heavy atom. The summed E-state index contributed by atoms with van der Waals surface area (Å²) in [4.78, 5) is 0. The average Bonchev–Trinajstić information content (AvgIpc) is 2.25. The molecule has 3 nitrogen and oxygen atoms in total. The van der Waals surface area contributed by atoms with Crippen LogP contribution in [0.15, 0.2) is 22.7 Å². The molecule has 4 heteroatoms. The van der Waals surface area contributed by atoms with Gasteiger partial charge in [-0.1, -0.05) is 15.9 Å². The Morgan fingerprint density at radius 1 is 1.41 bits per heavy atom. The number of hydrogen-bond acceptors (Lipinski definition) is 3. The second kappa shape index (κ2) is 6.38. The van der Waals surface area contributed by atoms with E-state index in [4.69, 9.17) is 10.5 Å².